The van der Waals surface area contributed by atoms with Gasteiger partial charge in [0.25, 0.3) is 0 Å². The molecule has 0 radical (unpaired) electrons. The molecule has 1 N–H and O–H groups in total. The first kappa shape index (κ1) is 17.0. The number of halogens is 2. The Kier molecular flexibility index (Phi) is 4.91. The third-order valence-corrected chi connectivity index (χ3v) is 4.90. The van der Waals surface area contributed by atoms with E-state index in [1.165, 1.54) is 29.5 Å². The molecule has 0 amide bonds. The number of piperidine rings is 1. The summed E-state index contributed by atoms with van der Waals surface area (Å²) in [6, 6.07) is 2.96. The zero-order valence-corrected chi connectivity index (χ0v) is 13.7. The summed E-state index contributed by atoms with van der Waals surface area (Å²) < 4.78 is 29.2. The maximum absolute atomic E-state index is 14.4. The highest BCUT2D eigenvalue weighted by Gasteiger charge is 2.42. The van der Waals surface area contributed by atoms with Crippen molar-refractivity contribution >= 4 is 0 Å². The second-order valence-corrected chi connectivity index (χ2v) is 6.41. The van der Waals surface area contributed by atoms with E-state index in [0.717, 1.165) is 38.4 Å². The largest absolute Gasteiger partial charge is 0.381 e. The topological polar surface area (TPSA) is 54.2 Å². The fourth-order valence-corrected chi connectivity index (χ4v) is 3.45. The number of hydrogen-bond acceptors (Lipinski definition) is 4. The van der Waals surface area contributed by atoms with Crippen molar-refractivity contribution in [3.05, 3.63) is 48.1 Å². The van der Waals surface area contributed by atoms with Gasteiger partial charge in [0.2, 0.25) is 0 Å². The Morgan fingerprint density at radius 1 is 1.25 bits per heavy atom. The van der Waals surface area contributed by atoms with Crippen LogP contribution in [0.1, 0.15) is 31.7 Å². The number of benzene rings is 1. The summed E-state index contributed by atoms with van der Waals surface area (Å²) in [5, 5.41) is 15.5. The molecule has 0 aliphatic carbocycles. The summed E-state index contributed by atoms with van der Waals surface area (Å²) in [6.45, 7) is 3.63. The third kappa shape index (κ3) is 3.32. The summed E-state index contributed by atoms with van der Waals surface area (Å²) in [7, 11) is 0. The van der Waals surface area contributed by atoms with E-state index in [2.05, 4.69) is 15.0 Å². The lowest BCUT2D eigenvalue weighted by molar-refractivity contribution is -0.0680. The predicted molar refractivity (Wildman–Crippen MR) is 85.2 cm³/mol. The summed E-state index contributed by atoms with van der Waals surface area (Å²) in [4.78, 5) is 6.04. The molecule has 130 valence electrons. The highest BCUT2D eigenvalue weighted by Crippen LogP contribution is 2.33. The first-order valence-electron chi connectivity index (χ1n) is 8.25. The standard InChI is InChI=1S/C17H22F2N4O/c1-13(22-7-3-2-4-8-22)17(24,10-23-12-20-11-21-23)15-6-5-14(18)9-16(15)19/h5-6,9,11-13,24H,2-4,7-8,10H2,1H3. The van der Waals surface area contributed by atoms with Gasteiger partial charge >= 0.3 is 0 Å². The Hall–Kier alpha value is -1.86. The quantitative estimate of drug-likeness (QED) is 0.910. The fraction of sp³-hybridized carbons (Fsp3) is 0.529. The van der Waals surface area contributed by atoms with Gasteiger partial charge in [0.05, 0.1) is 6.54 Å². The van der Waals surface area contributed by atoms with E-state index < -0.39 is 17.2 Å². The van der Waals surface area contributed by atoms with E-state index in [1.807, 2.05) is 6.92 Å². The van der Waals surface area contributed by atoms with Gasteiger partial charge in [-0.25, -0.2) is 18.4 Å². The summed E-state index contributed by atoms with van der Waals surface area (Å²) in [5.74, 6) is -1.41. The Morgan fingerprint density at radius 3 is 2.62 bits per heavy atom. The number of rotatable bonds is 5. The van der Waals surface area contributed by atoms with Crippen LogP contribution in [0, 0.1) is 11.6 Å². The van der Waals surface area contributed by atoms with Crippen molar-refractivity contribution in [3.8, 4) is 0 Å². The molecule has 2 aromatic rings. The van der Waals surface area contributed by atoms with E-state index in [1.54, 1.807) is 0 Å². The zero-order valence-electron chi connectivity index (χ0n) is 13.7. The summed E-state index contributed by atoms with van der Waals surface area (Å²) in [6.07, 6.45) is 6.11. The second-order valence-electron chi connectivity index (χ2n) is 6.41. The normalized spacial score (nSPS) is 19.8. The van der Waals surface area contributed by atoms with E-state index in [4.69, 9.17) is 0 Å². The summed E-state index contributed by atoms with van der Waals surface area (Å²) in [5.41, 5.74) is -1.46. The number of aliphatic hydroxyl groups is 1. The van der Waals surface area contributed by atoms with E-state index in [9.17, 15) is 13.9 Å². The summed E-state index contributed by atoms with van der Waals surface area (Å²) >= 11 is 0. The molecular weight excluding hydrogens is 314 g/mol. The average Bonchev–Trinajstić information content (AvgIpc) is 3.07. The van der Waals surface area contributed by atoms with Gasteiger partial charge < -0.3 is 5.11 Å². The molecule has 1 aromatic heterocycles. The first-order chi connectivity index (χ1) is 11.5. The SMILES string of the molecule is CC(N1CCCCC1)C(O)(Cn1cncn1)c1ccc(F)cc1F. The molecule has 0 spiro atoms. The van der Waals surface area contributed by atoms with Gasteiger partial charge in [-0.15, -0.1) is 0 Å². The molecule has 1 saturated heterocycles. The molecule has 0 bridgehead atoms. The molecule has 0 saturated carbocycles. The van der Waals surface area contributed by atoms with E-state index in [-0.39, 0.29) is 18.2 Å². The molecule has 5 nitrogen and oxygen atoms in total. The van der Waals surface area contributed by atoms with Gasteiger partial charge in [-0.3, -0.25) is 4.90 Å². The lowest BCUT2D eigenvalue weighted by Gasteiger charge is -2.42. The first-order valence-corrected chi connectivity index (χ1v) is 8.25. The predicted octanol–water partition coefficient (Wildman–Crippen LogP) is 2.32. The van der Waals surface area contributed by atoms with Crippen LogP contribution in [0.4, 0.5) is 8.78 Å². The van der Waals surface area contributed by atoms with Crippen LogP contribution in [0.5, 0.6) is 0 Å². The minimum Gasteiger partial charge on any atom is -0.381 e. The molecule has 2 atom stereocenters. The van der Waals surface area contributed by atoms with Gasteiger partial charge in [-0.2, -0.15) is 5.10 Å². The molecule has 3 rings (SSSR count). The van der Waals surface area contributed by atoms with Crippen LogP contribution in [-0.4, -0.2) is 43.9 Å². The smallest absolute Gasteiger partial charge is 0.137 e. The van der Waals surface area contributed by atoms with Crippen LogP contribution < -0.4 is 0 Å². The Balaban J connectivity index is 1.98. The van der Waals surface area contributed by atoms with Gasteiger partial charge in [-0.05, 0) is 38.9 Å². The maximum atomic E-state index is 14.4. The second kappa shape index (κ2) is 6.94. The van der Waals surface area contributed by atoms with Crippen molar-refractivity contribution in [2.45, 2.75) is 44.4 Å². The van der Waals surface area contributed by atoms with Crippen LogP contribution in [-0.2, 0) is 12.1 Å². The Morgan fingerprint density at radius 2 is 2.00 bits per heavy atom. The van der Waals surface area contributed by atoms with E-state index in [0.29, 0.717) is 0 Å². The third-order valence-electron chi connectivity index (χ3n) is 4.90. The van der Waals surface area contributed by atoms with Gasteiger partial charge in [-0.1, -0.05) is 12.5 Å². The van der Waals surface area contributed by atoms with Crippen molar-refractivity contribution in [3.63, 3.8) is 0 Å². The maximum Gasteiger partial charge on any atom is 0.137 e. The van der Waals surface area contributed by atoms with Gasteiger partial charge in [0.1, 0.15) is 29.9 Å². The molecule has 2 unspecified atom stereocenters. The highest BCUT2D eigenvalue weighted by atomic mass is 19.1. The van der Waals surface area contributed by atoms with Crippen LogP contribution >= 0.6 is 0 Å². The van der Waals surface area contributed by atoms with Crippen molar-refractivity contribution < 1.29 is 13.9 Å². The van der Waals surface area contributed by atoms with Crippen LogP contribution in [0.15, 0.2) is 30.9 Å². The molecule has 24 heavy (non-hydrogen) atoms. The minimum absolute atomic E-state index is 0.0488. The Bertz CT molecular complexity index is 673. The number of likely N-dealkylation sites (tertiary alicyclic amines) is 1. The van der Waals surface area contributed by atoms with E-state index >= 15 is 0 Å². The molecule has 1 aliphatic rings. The monoisotopic (exact) mass is 336 g/mol. The molecular formula is C17H22F2N4O. The van der Waals surface area contributed by atoms with Gasteiger partial charge in [0, 0.05) is 17.7 Å². The molecule has 1 aromatic carbocycles. The van der Waals surface area contributed by atoms with Crippen molar-refractivity contribution in [2.24, 2.45) is 0 Å². The number of hydrogen-bond donors (Lipinski definition) is 1. The van der Waals surface area contributed by atoms with Crippen molar-refractivity contribution in [1.82, 2.24) is 19.7 Å². The van der Waals surface area contributed by atoms with Crippen LogP contribution in [0.3, 0.4) is 0 Å². The lowest BCUT2D eigenvalue weighted by Crippen LogP contribution is -2.53. The highest BCUT2D eigenvalue weighted by molar-refractivity contribution is 5.27. The lowest BCUT2D eigenvalue weighted by atomic mass is 9.84. The molecule has 7 heteroatoms. The fourth-order valence-electron chi connectivity index (χ4n) is 3.45. The molecule has 1 aliphatic heterocycles. The molecule has 1 fully saturated rings. The van der Waals surface area contributed by atoms with Gasteiger partial charge in [0.15, 0.2) is 0 Å². The van der Waals surface area contributed by atoms with Crippen LogP contribution in [0.25, 0.3) is 0 Å². The van der Waals surface area contributed by atoms with Crippen molar-refractivity contribution in [2.75, 3.05) is 13.1 Å². The minimum atomic E-state index is -1.54. The van der Waals surface area contributed by atoms with Crippen LogP contribution in [0.2, 0.25) is 0 Å². The zero-order chi connectivity index (χ0) is 17.2. The average molecular weight is 336 g/mol. The molecule has 2 heterocycles. The number of aromatic nitrogens is 3. The van der Waals surface area contributed by atoms with Crippen molar-refractivity contribution in [1.29, 1.82) is 0 Å². The Labute approximate surface area is 139 Å². The number of nitrogens with zero attached hydrogens (tertiary/aromatic N) is 4.